The van der Waals surface area contributed by atoms with Crippen molar-refractivity contribution >= 4 is 33.2 Å². The van der Waals surface area contributed by atoms with Crippen LogP contribution in [-0.2, 0) is 21.1 Å². The van der Waals surface area contributed by atoms with Crippen LogP contribution in [0.25, 0.3) is 11.1 Å². The van der Waals surface area contributed by atoms with Gasteiger partial charge in [-0.05, 0) is 53.6 Å². The molecule has 1 atom stereocenters. The van der Waals surface area contributed by atoms with E-state index < -0.39 is 27.8 Å². The van der Waals surface area contributed by atoms with Crippen LogP contribution < -0.4 is 20.7 Å². The van der Waals surface area contributed by atoms with Gasteiger partial charge in [0, 0.05) is 29.6 Å². The first-order chi connectivity index (χ1) is 18.7. The fraction of sp³-hybridized carbons (Fsp3) is 0.133. The zero-order valence-electron chi connectivity index (χ0n) is 21.5. The molecule has 0 saturated heterocycles. The summed E-state index contributed by atoms with van der Waals surface area (Å²) in [4.78, 5) is 26.3. The first-order valence-electron chi connectivity index (χ1n) is 12.2. The molecule has 4 aromatic carbocycles. The Morgan fingerprint density at radius 3 is 2.00 bits per heavy atom. The van der Waals surface area contributed by atoms with Crippen molar-refractivity contribution in [1.29, 1.82) is 0 Å². The maximum atomic E-state index is 13.3. The summed E-state index contributed by atoms with van der Waals surface area (Å²) in [6.45, 7) is 0. The van der Waals surface area contributed by atoms with Gasteiger partial charge in [0.05, 0.1) is 12.0 Å². The fourth-order valence-electron chi connectivity index (χ4n) is 4.05. The first-order valence-corrected chi connectivity index (χ1v) is 14.1. The van der Waals surface area contributed by atoms with Crippen molar-refractivity contribution in [2.24, 2.45) is 0 Å². The Bertz CT molecular complexity index is 1540. The molecule has 0 saturated carbocycles. The van der Waals surface area contributed by atoms with Gasteiger partial charge in [0.1, 0.15) is 11.8 Å². The molecule has 0 aliphatic rings. The quantitative estimate of drug-likeness (QED) is 0.271. The highest BCUT2D eigenvalue weighted by Crippen LogP contribution is 2.28. The van der Waals surface area contributed by atoms with E-state index in [0.717, 1.165) is 5.56 Å². The van der Waals surface area contributed by atoms with Crippen molar-refractivity contribution in [3.05, 3.63) is 109 Å². The first kappa shape index (κ1) is 27.4. The van der Waals surface area contributed by atoms with E-state index in [1.807, 2.05) is 30.3 Å². The minimum Gasteiger partial charge on any atom is -0.497 e. The third kappa shape index (κ3) is 7.45. The second kappa shape index (κ2) is 12.3. The van der Waals surface area contributed by atoms with Gasteiger partial charge in [-0.2, -0.15) is 0 Å². The molecule has 39 heavy (non-hydrogen) atoms. The number of rotatable bonds is 9. The van der Waals surface area contributed by atoms with Gasteiger partial charge < -0.3 is 20.7 Å². The molecule has 3 amide bonds. The number of hydrogen-bond donors (Lipinski definition) is 3. The summed E-state index contributed by atoms with van der Waals surface area (Å²) in [5.74, 6) is 0.265. The zero-order chi connectivity index (χ0) is 27.8. The number of carbonyl (C=O) groups is 2. The van der Waals surface area contributed by atoms with E-state index in [0.29, 0.717) is 28.3 Å². The van der Waals surface area contributed by atoms with Crippen LogP contribution in [0, 0.1) is 0 Å². The lowest BCUT2D eigenvalue weighted by molar-refractivity contribution is -0.117. The van der Waals surface area contributed by atoms with E-state index in [2.05, 4.69) is 16.0 Å². The van der Waals surface area contributed by atoms with Gasteiger partial charge in [-0.25, -0.2) is 13.2 Å². The van der Waals surface area contributed by atoms with Gasteiger partial charge in [-0.3, -0.25) is 4.79 Å². The maximum Gasteiger partial charge on any atom is 0.319 e. The zero-order valence-corrected chi connectivity index (χ0v) is 22.4. The molecule has 0 heterocycles. The summed E-state index contributed by atoms with van der Waals surface area (Å²) in [5.41, 5.74) is 3.23. The van der Waals surface area contributed by atoms with Crippen LogP contribution in [-0.4, -0.2) is 39.8 Å². The minimum atomic E-state index is -3.41. The molecule has 8 nitrogen and oxygen atoms in total. The molecule has 0 radical (unpaired) electrons. The number of ether oxygens (including phenoxy) is 1. The van der Waals surface area contributed by atoms with E-state index in [9.17, 15) is 18.0 Å². The largest absolute Gasteiger partial charge is 0.497 e. The lowest BCUT2D eigenvalue weighted by Crippen LogP contribution is -2.46. The molecule has 0 bridgehead atoms. The van der Waals surface area contributed by atoms with Crippen LogP contribution in [0.4, 0.5) is 16.2 Å². The van der Waals surface area contributed by atoms with Gasteiger partial charge in [-0.1, -0.05) is 60.7 Å². The van der Waals surface area contributed by atoms with E-state index in [4.69, 9.17) is 4.74 Å². The number of carbonyl (C=O) groups excluding carboxylic acids is 2. The van der Waals surface area contributed by atoms with Crippen LogP contribution in [0.3, 0.4) is 0 Å². The normalized spacial score (nSPS) is 11.7. The highest BCUT2D eigenvalue weighted by Gasteiger charge is 2.22. The standard InChI is InChI=1S/C30H29N3O5S/c1-38-25-18-16-24(17-19-25)32-30(35)33-27(20-21-8-4-3-5-9-21)29(34)31-23-14-12-22(13-15-23)26-10-6-7-11-28(26)39(2,36)37/h3-19,27H,20H2,1-2H3,(H,31,34)(H2,32,33,35)/t27-/m1/s1. The van der Waals surface area contributed by atoms with Crippen molar-refractivity contribution in [3.63, 3.8) is 0 Å². The van der Waals surface area contributed by atoms with Crippen LogP contribution in [0.5, 0.6) is 5.75 Å². The summed E-state index contributed by atoms with van der Waals surface area (Å²) in [6.07, 6.45) is 1.45. The Morgan fingerprint density at radius 2 is 1.36 bits per heavy atom. The number of nitrogens with one attached hydrogen (secondary N) is 3. The Morgan fingerprint density at radius 1 is 0.769 bits per heavy atom. The predicted molar refractivity (Wildman–Crippen MR) is 153 cm³/mol. The average Bonchev–Trinajstić information content (AvgIpc) is 2.93. The van der Waals surface area contributed by atoms with E-state index in [1.165, 1.54) is 6.26 Å². The summed E-state index contributed by atoms with van der Waals surface area (Å²) in [6, 6.07) is 28.5. The fourth-order valence-corrected chi connectivity index (χ4v) is 4.96. The van der Waals surface area contributed by atoms with E-state index in [-0.39, 0.29) is 11.3 Å². The third-order valence-corrected chi connectivity index (χ3v) is 7.16. The Labute approximate surface area is 228 Å². The van der Waals surface area contributed by atoms with Gasteiger partial charge in [-0.15, -0.1) is 0 Å². The van der Waals surface area contributed by atoms with Crippen LogP contribution in [0.2, 0.25) is 0 Å². The molecule has 3 N–H and O–H groups in total. The van der Waals surface area contributed by atoms with Gasteiger partial charge >= 0.3 is 6.03 Å². The lowest BCUT2D eigenvalue weighted by atomic mass is 10.0. The van der Waals surface area contributed by atoms with Crippen molar-refractivity contribution in [3.8, 4) is 16.9 Å². The third-order valence-electron chi connectivity index (χ3n) is 6.00. The lowest BCUT2D eigenvalue weighted by Gasteiger charge is -2.19. The molecule has 0 spiro atoms. The topological polar surface area (TPSA) is 114 Å². The van der Waals surface area contributed by atoms with Crippen LogP contribution >= 0.6 is 0 Å². The van der Waals surface area contributed by atoms with Crippen molar-refractivity contribution < 1.29 is 22.7 Å². The molecule has 0 aliphatic heterocycles. The Kier molecular flexibility index (Phi) is 8.63. The SMILES string of the molecule is COc1ccc(NC(=O)N[C@H](Cc2ccccc2)C(=O)Nc2ccc(-c3ccccc3S(C)(=O)=O)cc2)cc1. The number of anilines is 2. The van der Waals surface area contributed by atoms with Crippen molar-refractivity contribution in [2.75, 3.05) is 24.0 Å². The summed E-state index contributed by atoms with van der Waals surface area (Å²) >= 11 is 0. The second-order valence-electron chi connectivity index (χ2n) is 8.90. The number of hydrogen-bond acceptors (Lipinski definition) is 5. The molecule has 4 rings (SSSR count). The number of methoxy groups -OCH3 is 1. The molecule has 0 unspecified atom stereocenters. The highest BCUT2D eigenvalue weighted by molar-refractivity contribution is 7.90. The summed E-state index contributed by atoms with van der Waals surface area (Å²) in [7, 11) is -1.85. The Hall–Kier alpha value is -4.63. The van der Waals surface area contributed by atoms with E-state index in [1.54, 1.807) is 79.9 Å². The smallest absolute Gasteiger partial charge is 0.319 e. The van der Waals surface area contributed by atoms with Gasteiger partial charge in [0.25, 0.3) is 0 Å². The van der Waals surface area contributed by atoms with E-state index >= 15 is 0 Å². The summed E-state index contributed by atoms with van der Waals surface area (Å²) in [5, 5.41) is 8.35. The molecular formula is C30H29N3O5S. The van der Waals surface area contributed by atoms with Gasteiger partial charge in [0.15, 0.2) is 9.84 Å². The number of sulfone groups is 1. The van der Waals surface area contributed by atoms with Crippen LogP contribution in [0.15, 0.2) is 108 Å². The Balaban J connectivity index is 1.49. The molecule has 4 aromatic rings. The number of urea groups is 1. The molecule has 0 fully saturated rings. The maximum absolute atomic E-state index is 13.3. The predicted octanol–water partition coefficient (Wildman–Crippen LogP) is 5.14. The average molecular weight is 544 g/mol. The molecular weight excluding hydrogens is 514 g/mol. The summed E-state index contributed by atoms with van der Waals surface area (Å²) < 4.78 is 29.5. The van der Waals surface area contributed by atoms with Gasteiger partial charge in [0.2, 0.25) is 5.91 Å². The number of benzene rings is 4. The molecule has 0 aliphatic carbocycles. The minimum absolute atomic E-state index is 0.233. The molecule has 9 heteroatoms. The molecule has 200 valence electrons. The monoisotopic (exact) mass is 543 g/mol. The molecule has 0 aromatic heterocycles. The van der Waals surface area contributed by atoms with Crippen LogP contribution in [0.1, 0.15) is 5.56 Å². The second-order valence-corrected chi connectivity index (χ2v) is 10.9. The van der Waals surface area contributed by atoms with Crippen molar-refractivity contribution in [2.45, 2.75) is 17.4 Å². The van der Waals surface area contributed by atoms with Crippen molar-refractivity contribution in [1.82, 2.24) is 5.32 Å². The number of amides is 3. The highest BCUT2D eigenvalue weighted by atomic mass is 32.2.